The van der Waals surface area contributed by atoms with Gasteiger partial charge in [0.15, 0.2) is 0 Å². The molecule has 0 unspecified atom stereocenters. The molecule has 7 nitrogen and oxygen atoms in total. The number of carbonyl (C=O) groups excluding carboxylic acids is 1. The van der Waals surface area contributed by atoms with Crippen LogP contribution < -0.4 is 10.6 Å². The molecule has 4 aromatic rings. The van der Waals surface area contributed by atoms with Crippen LogP contribution >= 0.6 is 0 Å². The number of rotatable bonds is 5. The largest absolute Gasteiger partial charge is 0.508 e. The summed E-state index contributed by atoms with van der Waals surface area (Å²) in [5, 5.41) is 20.2. The molecule has 0 spiro atoms. The molecule has 0 aliphatic rings. The van der Waals surface area contributed by atoms with Crippen LogP contribution in [0.4, 0.5) is 10.6 Å². The topological polar surface area (TPSA) is 92.3 Å². The Labute approximate surface area is 174 Å². The number of phenolic OH excluding ortho intramolecular Hbond substituents is 1. The zero-order valence-corrected chi connectivity index (χ0v) is 16.7. The molecule has 0 atom stereocenters. The number of anilines is 1. The fourth-order valence-electron chi connectivity index (χ4n) is 3.13. The molecule has 0 saturated carbocycles. The molecule has 0 aliphatic heterocycles. The Hall–Kier alpha value is -4.00. The summed E-state index contributed by atoms with van der Waals surface area (Å²) < 4.78 is 7.08. The number of nitrogens with one attached hydrogen (secondary N) is 2. The Bertz CT molecular complexity index is 1180. The summed E-state index contributed by atoms with van der Waals surface area (Å²) in [4.78, 5) is 12.5. The van der Waals surface area contributed by atoms with Gasteiger partial charge in [0.05, 0.1) is 17.6 Å². The summed E-state index contributed by atoms with van der Waals surface area (Å²) in [6, 6.07) is 18.0. The second-order valence-corrected chi connectivity index (χ2v) is 6.99. The molecule has 0 fully saturated rings. The van der Waals surface area contributed by atoms with Crippen molar-refractivity contribution in [1.82, 2.24) is 15.1 Å². The quantitative estimate of drug-likeness (QED) is 0.448. The van der Waals surface area contributed by atoms with Gasteiger partial charge in [-0.2, -0.15) is 5.10 Å². The number of phenols is 1. The number of urea groups is 1. The van der Waals surface area contributed by atoms with Crippen LogP contribution in [0.1, 0.15) is 16.9 Å². The average molecular weight is 402 g/mol. The molecule has 3 N–H and O–H groups in total. The summed E-state index contributed by atoms with van der Waals surface area (Å²) in [6.45, 7) is 4.08. The van der Waals surface area contributed by atoms with E-state index in [1.54, 1.807) is 41.3 Å². The smallest absolute Gasteiger partial charge is 0.320 e. The third-order valence-corrected chi connectivity index (χ3v) is 4.80. The fraction of sp³-hybridized carbons (Fsp3) is 0.130. The first-order chi connectivity index (χ1) is 14.5. The van der Waals surface area contributed by atoms with Gasteiger partial charge in [0.25, 0.3) is 0 Å². The lowest BCUT2D eigenvalue weighted by Crippen LogP contribution is -2.29. The van der Waals surface area contributed by atoms with Crippen LogP contribution in [0.5, 0.6) is 5.75 Å². The molecule has 152 valence electrons. The molecule has 4 rings (SSSR count). The number of nitrogens with zero attached hydrogens (tertiary/aromatic N) is 2. The van der Waals surface area contributed by atoms with Gasteiger partial charge in [-0.25, -0.2) is 9.48 Å². The van der Waals surface area contributed by atoms with Crippen LogP contribution in [-0.2, 0) is 6.54 Å². The van der Waals surface area contributed by atoms with E-state index in [9.17, 15) is 9.90 Å². The van der Waals surface area contributed by atoms with Crippen molar-refractivity contribution in [3.63, 3.8) is 0 Å². The molecular weight excluding hydrogens is 380 g/mol. The maximum absolute atomic E-state index is 12.5. The van der Waals surface area contributed by atoms with Gasteiger partial charge < -0.3 is 14.8 Å². The predicted molar refractivity (Wildman–Crippen MR) is 115 cm³/mol. The highest BCUT2D eigenvalue weighted by Crippen LogP contribution is 2.28. The molecule has 0 saturated heterocycles. The van der Waals surface area contributed by atoms with Crippen LogP contribution in [0, 0.1) is 13.8 Å². The van der Waals surface area contributed by atoms with Crippen molar-refractivity contribution in [1.29, 1.82) is 0 Å². The Morgan fingerprint density at radius 1 is 1.10 bits per heavy atom. The lowest BCUT2D eigenvalue weighted by Gasteiger charge is -2.11. The van der Waals surface area contributed by atoms with Gasteiger partial charge in [-0.15, -0.1) is 0 Å². The second kappa shape index (κ2) is 8.16. The van der Waals surface area contributed by atoms with Gasteiger partial charge >= 0.3 is 6.03 Å². The van der Waals surface area contributed by atoms with Gasteiger partial charge in [-0.1, -0.05) is 35.9 Å². The zero-order valence-electron chi connectivity index (χ0n) is 16.7. The molecule has 0 radical (unpaired) electrons. The third-order valence-electron chi connectivity index (χ3n) is 4.80. The summed E-state index contributed by atoms with van der Waals surface area (Å²) in [6.07, 6.45) is 1.61. The van der Waals surface area contributed by atoms with Crippen LogP contribution in [0.25, 0.3) is 16.9 Å². The normalized spacial score (nSPS) is 10.7. The van der Waals surface area contributed by atoms with E-state index >= 15 is 0 Å². The number of aromatic hydroxyl groups is 1. The van der Waals surface area contributed by atoms with Crippen molar-refractivity contribution in [3.05, 3.63) is 83.8 Å². The van der Waals surface area contributed by atoms with Crippen molar-refractivity contribution in [3.8, 4) is 22.7 Å². The number of benzene rings is 2. The first kappa shape index (κ1) is 19.3. The molecule has 2 heterocycles. The highest BCUT2D eigenvalue weighted by molar-refractivity contribution is 5.89. The summed E-state index contributed by atoms with van der Waals surface area (Å²) in [5.74, 6) is 1.41. The van der Waals surface area contributed by atoms with Gasteiger partial charge in [0, 0.05) is 23.7 Å². The minimum Gasteiger partial charge on any atom is -0.508 e. The Kier molecular flexibility index (Phi) is 5.26. The number of amides is 2. The Balaban J connectivity index is 1.60. The molecule has 2 amide bonds. The Morgan fingerprint density at radius 2 is 1.87 bits per heavy atom. The van der Waals surface area contributed by atoms with Crippen LogP contribution in [0.3, 0.4) is 0 Å². The Morgan fingerprint density at radius 3 is 2.57 bits per heavy atom. The lowest BCUT2D eigenvalue weighted by molar-refractivity contribution is 0.251. The number of para-hydroxylation sites is 1. The maximum Gasteiger partial charge on any atom is 0.320 e. The predicted octanol–water partition coefficient (Wildman–Crippen LogP) is 4.78. The molecule has 7 heteroatoms. The first-order valence-corrected chi connectivity index (χ1v) is 9.54. The first-order valence-electron chi connectivity index (χ1n) is 9.54. The SMILES string of the molecule is Cc1ccc(-n2nc(-c3ccoc3C)cc2NC(=O)NCc2ccccc2O)cc1. The van der Waals surface area contributed by atoms with E-state index in [0.29, 0.717) is 17.1 Å². The van der Waals surface area contributed by atoms with E-state index < -0.39 is 6.03 Å². The van der Waals surface area contributed by atoms with Gasteiger partial charge in [-0.05, 0) is 38.1 Å². The van der Waals surface area contributed by atoms with Crippen LogP contribution in [0.15, 0.2) is 71.3 Å². The number of hydrogen-bond donors (Lipinski definition) is 3. The van der Waals surface area contributed by atoms with Crippen molar-refractivity contribution < 1.29 is 14.3 Å². The minimum absolute atomic E-state index is 0.139. The van der Waals surface area contributed by atoms with E-state index in [0.717, 1.165) is 22.6 Å². The maximum atomic E-state index is 12.5. The van der Waals surface area contributed by atoms with Crippen LogP contribution in [-0.4, -0.2) is 20.9 Å². The van der Waals surface area contributed by atoms with E-state index in [4.69, 9.17) is 4.42 Å². The monoisotopic (exact) mass is 402 g/mol. The highest BCUT2D eigenvalue weighted by atomic mass is 16.3. The lowest BCUT2D eigenvalue weighted by atomic mass is 10.2. The summed E-state index contributed by atoms with van der Waals surface area (Å²) >= 11 is 0. The molecular formula is C23H22N4O3. The van der Waals surface area contributed by atoms with Crippen molar-refractivity contribution >= 4 is 11.8 Å². The van der Waals surface area contributed by atoms with E-state index in [2.05, 4.69) is 15.7 Å². The molecule has 0 bridgehead atoms. The van der Waals surface area contributed by atoms with Gasteiger partial charge in [0.1, 0.15) is 17.3 Å². The van der Waals surface area contributed by atoms with E-state index in [1.807, 2.05) is 44.2 Å². The summed E-state index contributed by atoms with van der Waals surface area (Å²) in [7, 11) is 0. The zero-order chi connectivity index (χ0) is 21.1. The van der Waals surface area contributed by atoms with Crippen molar-refractivity contribution in [2.75, 3.05) is 5.32 Å². The number of aromatic nitrogens is 2. The summed E-state index contributed by atoms with van der Waals surface area (Å²) in [5.41, 5.74) is 4.14. The number of aryl methyl sites for hydroxylation is 2. The molecule has 2 aromatic carbocycles. The van der Waals surface area contributed by atoms with Gasteiger partial charge in [0.2, 0.25) is 0 Å². The number of hydrogen-bond acceptors (Lipinski definition) is 4. The highest BCUT2D eigenvalue weighted by Gasteiger charge is 2.16. The van der Waals surface area contributed by atoms with Crippen molar-refractivity contribution in [2.45, 2.75) is 20.4 Å². The average Bonchev–Trinajstić information content (AvgIpc) is 3.34. The molecule has 30 heavy (non-hydrogen) atoms. The molecule has 2 aromatic heterocycles. The fourth-order valence-corrected chi connectivity index (χ4v) is 3.13. The second-order valence-electron chi connectivity index (χ2n) is 6.99. The third kappa shape index (κ3) is 4.05. The van der Waals surface area contributed by atoms with Crippen molar-refractivity contribution in [2.24, 2.45) is 0 Å². The van der Waals surface area contributed by atoms with Gasteiger partial charge in [-0.3, -0.25) is 5.32 Å². The number of furan rings is 1. The molecule has 0 aliphatic carbocycles. The van der Waals surface area contributed by atoms with Crippen LogP contribution in [0.2, 0.25) is 0 Å². The standard InChI is InChI=1S/C23H22N4O3/c1-15-7-9-18(10-8-15)27-22(13-20(26-27)19-11-12-30-16(19)2)25-23(29)24-14-17-5-3-4-6-21(17)28/h3-13,28H,14H2,1-2H3,(H2,24,25,29). The van der Waals surface area contributed by atoms with E-state index in [1.165, 1.54) is 0 Å². The minimum atomic E-state index is -0.401. The van der Waals surface area contributed by atoms with E-state index in [-0.39, 0.29) is 12.3 Å². The number of carbonyl (C=O) groups is 1.